The number of amidine groups is 1. The second kappa shape index (κ2) is 6.26. The van der Waals surface area contributed by atoms with Gasteiger partial charge in [0.1, 0.15) is 15.5 Å². The van der Waals surface area contributed by atoms with Crippen molar-refractivity contribution in [3.8, 4) is 5.75 Å². The van der Waals surface area contributed by atoms with Gasteiger partial charge in [-0.3, -0.25) is 0 Å². The summed E-state index contributed by atoms with van der Waals surface area (Å²) in [4.78, 5) is 0.576. The second-order valence-corrected chi connectivity index (χ2v) is 8.58. The van der Waals surface area contributed by atoms with E-state index < -0.39 is 10.0 Å². The number of thiophene rings is 1. The first-order chi connectivity index (χ1) is 12.4. The maximum absolute atomic E-state index is 12.7. The van der Waals surface area contributed by atoms with Gasteiger partial charge in [-0.15, -0.1) is 15.7 Å². The van der Waals surface area contributed by atoms with Gasteiger partial charge >= 0.3 is 0 Å². The minimum atomic E-state index is -3.84. The second-order valence-electron chi connectivity index (χ2n) is 6.13. The summed E-state index contributed by atoms with van der Waals surface area (Å²) in [5.74, 6) is 0.213. The monoisotopic (exact) mass is 384 g/mol. The van der Waals surface area contributed by atoms with Crippen molar-refractivity contribution in [1.82, 2.24) is 0 Å². The number of anilines is 1. The van der Waals surface area contributed by atoms with Crippen molar-refractivity contribution < 1.29 is 13.5 Å². The number of aromatic hydroxyl groups is 1. The number of sulfonamides is 1. The number of benzene rings is 2. The Morgan fingerprint density at radius 3 is 2.58 bits per heavy atom. The number of rotatable bonds is 3. The molecular weight excluding hydrogens is 368 g/mol. The highest BCUT2D eigenvalue weighted by Gasteiger charge is 2.28. The van der Waals surface area contributed by atoms with Crippen molar-refractivity contribution in [2.75, 3.05) is 5.32 Å². The van der Waals surface area contributed by atoms with Crippen LogP contribution in [-0.4, -0.2) is 19.4 Å². The van der Waals surface area contributed by atoms with Gasteiger partial charge in [0.05, 0.1) is 5.69 Å². The lowest BCUT2D eigenvalue weighted by Crippen LogP contribution is -2.22. The lowest BCUT2D eigenvalue weighted by molar-refractivity contribution is 0.473. The molecule has 0 fully saturated rings. The minimum Gasteiger partial charge on any atom is -0.506 e. The maximum Gasteiger partial charge on any atom is 0.286 e. The summed E-state index contributed by atoms with van der Waals surface area (Å²) in [6.45, 7) is 1.76. The fourth-order valence-corrected chi connectivity index (χ4v) is 4.97. The Labute approximate surface area is 155 Å². The molecule has 0 saturated carbocycles. The Morgan fingerprint density at radius 1 is 1.12 bits per heavy atom. The van der Waals surface area contributed by atoms with Crippen molar-refractivity contribution in [2.24, 2.45) is 4.40 Å². The summed E-state index contributed by atoms with van der Waals surface area (Å²) in [7, 11) is -3.84. The molecule has 132 valence electrons. The van der Waals surface area contributed by atoms with E-state index in [1.165, 1.54) is 11.3 Å². The molecule has 0 amide bonds. The van der Waals surface area contributed by atoms with E-state index in [-0.39, 0.29) is 16.5 Å². The van der Waals surface area contributed by atoms with E-state index in [2.05, 4.69) is 9.71 Å². The highest BCUT2D eigenvalue weighted by atomic mass is 32.2. The Kier molecular flexibility index (Phi) is 4.05. The molecule has 0 spiro atoms. The topological polar surface area (TPSA) is 78.8 Å². The average Bonchev–Trinajstić information content (AvgIpc) is 2.95. The molecule has 2 heterocycles. The third-order valence-electron chi connectivity index (χ3n) is 4.20. The smallest absolute Gasteiger partial charge is 0.286 e. The van der Waals surface area contributed by atoms with Crippen LogP contribution in [-0.2, 0) is 16.4 Å². The van der Waals surface area contributed by atoms with Crippen molar-refractivity contribution in [3.05, 3.63) is 75.5 Å². The van der Waals surface area contributed by atoms with E-state index in [4.69, 9.17) is 0 Å². The van der Waals surface area contributed by atoms with E-state index in [1.807, 2.05) is 36.4 Å². The third kappa shape index (κ3) is 3.00. The van der Waals surface area contributed by atoms with Crippen LogP contribution in [0.1, 0.15) is 21.6 Å². The summed E-state index contributed by atoms with van der Waals surface area (Å²) in [6, 6.07) is 15.2. The number of nitrogens with zero attached hydrogens (tertiary/aromatic N) is 1. The molecule has 0 unspecified atom stereocenters. The van der Waals surface area contributed by atoms with Crippen LogP contribution in [0.3, 0.4) is 0 Å². The summed E-state index contributed by atoms with van der Waals surface area (Å²) in [6.07, 6.45) is 0.644. The van der Waals surface area contributed by atoms with E-state index in [9.17, 15) is 13.5 Å². The minimum absolute atomic E-state index is 0.0561. The number of hydrogen-bond donors (Lipinski definition) is 2. The summed E-state index contributed by atoms with van der Waals surface area (Å²) in [5.41, 5.74) is 3.17. The van der Waals surface area contributed by atoms with Crippen LogP contribution in [0.2, 0.25) is 0 Å². The van der Waals surface area contributed by atoms with Gasteiger partial charge in [-0.2, -0.15) is 8.42 Å². The summed E-state index contributed by atoms with van der Waals surface area (Å²) < 4.78 is 29.2. The van der Waals surface area contributed by atoms with Gasteiger partial charge in [0.2, 0.25) is 0 Å². The van der Waals surface area contributed by atoms with Crippen LogP contribution in [0.15, 0.2) is 63.2 Å². The lowest BCUT2D eigenvalue weighted by Gasteiger charge is -2.18. The molecule has 0 radical (unpaired) electrons. The fraction of sp³-hybridized carbons (Fsp3) is 0.105. The van der Waals surface area contributed by atoms with Crippen LogP contribution >= 0.6 is 11.3 Å². The van der Waals surface area contributed by atoms with Crippen LogP contribution < -0.4 is 5.32 Å². The molecule has 2 aromatic carbocycles. The average molecular weight is 384 g/mol. The van der Waals surface area contributed by atoms with Gasteiger partial charge in [-0.05, 0) is 42.0 Å². The maximum atomic E-state index is 12.7. The molecule has 7 heteroatoms. The van der Waals surface area contributed by atoms with E-state index in [1.54, 1.807) is 24.4 Å². The highest BCUT2D eigenvalue weighted by molar-refractivity contribution is 7.90. The van der Waals surface area contributed by atoms with Gasteiger partial charge in [0.25, 0.3) is 10.0 Å². The predicted molar refractivity (Wildman–Crippen MR) is 104 cm³/mol. The Balaban J connectivity index is 1.72. The zero-order chi connectivity index (χ0) is 18.3. The molecule has 4 rings (SSSR count). The van der Waals surface area contributed by atoms with Crippen LogP contribution in [0.25, 0.3) is 0 Å². The molecule has 0 atom stereocenters. The molecule has 1 aliphatic heterocycles. The van der Waals surface area contributed by atoms with Crippen molar-refractivity contribution in [3.63, 3.8) is 0 Å². The fourth-order valence-electron chi connectivity index (χ4n) is 2.85. The SMILES string of the molecule is Cc1csc(C2=NS(=O)(=O)c3cc(Cc4ccccc4)ccc3N2)c1O. The first-order valence-corrected chi connectivity index (χ1v) is 10.3. The normalized spacial score (nSPS) is 15.0. The van der Waals surface area contributed by atoms with Crippen LogP contribution in [0.4, 0.5) is 5.69 Å². The first kappa shape index (κ1) is 16.8. The van der Waals surface area contributed by atoms with Gasteiger partial charge in [-0.1, -0.05) is 36.4 Å². The molecule has 0 saturated heterocycles. The number of nitrogens with one attached hydrogen (secondary N) is 1. The number of fused-ring (bicyclic) bond motifs is 1. The molecule has 0 aliphatic carbocycles. The zero-order valence-corrected chi connectivity index (χ0v) is 15.6. The van der Waals surface area contributed by atoms with E-state index in [0.717, 1.165) is 11.1 Å². The molecule has 3 aromatic rings. The Hall–Kier alpha value is -2.64. The van der Waals surface area contributed by atoms with E-state index in [0.29, 0.717) is 22.5 Å². The molecule has 5 nitrogen and oxygen atoms in total. The molecular formula is C19H16N2O3S2. The van der Waals surface area contributed by atoms with Gasteiger partial charge in [-0.25, -0.2) is 0 Å². The number of hydrogen-bond acceptors (Lipinski definition) is 5. The van der Waals surface area contributed by atoms with Crippen molar-refractivity contribution in [2.45, 2.75) is 18.2 Å². The lowest BCUT2D eigenvalue weighted by atomic mass is 10.0. The number of aryl methyl sites for hydroxylation is 1. The molecule has 1 aromatic heterocycles. The molecule has 1 aliphatic rings. The zero-order valence-electron chi connectivity index (χ0n) is 13.9. The quantitative estimate of drug-likeness (QED) is 0.717. The van der Waals surface area contributed by atoms with Crippen molar-refractivity contribution >= 4 is 32.9 Å². The van der Waals surface area contributed by atoms with Crippen LogP contribution in [0.5, 0.6) is 5.75 Å². The predicted octanol–water partition coefficient (Wildman–Crippen LogP) is 3.91. The van der Waals surface area contributed by atoms with Crippen LogP contribution in [0, 0.1) is 6.92 Å². The standard InChI is InChI=1S/C19H16N2O3S2/c1-12-11-25-18(17(12)22)19-20-15-8-7-14(9-13-5-3-2-4-6-13)10-16(15)26(23,24)21-19/h2-8,10-11,22H,9H2,1H3,(H,20,21). The third-order valence-corrected chi connectivity index (χ3v) is 6.61. The Bertz CT molecular complexity index is 1120. The van der Waals surface area contributed by atoms with Gasteiger partial charge in [0, 0.05) is 5.56 Å². The molecule has 0 bridgehead atoms. The van der Waals surface area contributed by atoms with Gasteiger partial charge < -0.3 is 10.4 Å². The summed E-state index contributed by atoms with van der Waals surface area (Å²) >= 11 is 1.26. The van der Waals surface area contributed by atoms with E-state index >= 15 is 0 Å². The Morgan fingerprint density at radius 2 is 1.88 bits per heavy atom. The largest absolute Gasteiger partial charge is 0.506 e. The highest BCUT2D eigenvalue weighted by Crippen LogP contribution is 2.35. The molecule has 26 heavy (non-hydrogen) atoms. The van der Waals surface area contributed by atoms with Crippen molar-refractivity contribution in [1.29, 1.82) is 0 Å². The van der Waals surface area contributed by atoms with Gasteiger partial charge in [0.15, 0.2) is 5.84 Å². The summed E-state index contributed by atoms with van der Waals surface area (Å²) in [5, 5.41) is 14.9. The molecule has 2 N–H and O–H groups in total. The first-order valence-electron chi connectivity index (χ1n) is 8.00.